The quantitative estimate of drug-likeness (QED) is 0.637. The Kier molecular flexibility index (Phi) is 9.11. The summed E-state index contributed by atoms with van der Waals surface area (Å²) in [4.78, 5) is 23.1. The van der Waals surface area contributed by atoms with Gasteiger partial charge in [-0.05, 0) is 37.5 Å². The molecule has 1 aliphatic heterocycles. The van der Waals surface area contributed by atoms with Crippen LogP contribution >= 0.6 is 0 Å². The predicted molar refractivity (Wildman–Crippen MR) is 81.8 cm³/mol. The van der Waals surface area contributed by atoms with Crippen molar-refractivity contribution in [2.45, 2.75) is 71.6 Å². The summed E-state index contributed by atoms with van der Waals surface area (Å²) in [6, 6.07) is 0. The minimum Gasteiger partial charge on any atom is -0.465 e. The van der Waals surface area contributed by atoms with Crippen molar-refractivity contribution in [3.63, 3.8) is 0 Å². The Hall–Kier alpha value is -1.06. The summed E-state index contributed by atoms with van der Waals surface area (Å²) in [6.07, 6.45) is 7.93. The minimum absolute atomic E-state index is 0.145. The Labute approximate surface area is 128 Å². The molecule has 0 aliphatic carbocycles. The molecule has 122 valence electrons. The lowest BCUT2D eigenvalue weighted by Gasteiger charge is -2.13. The molecule has 0 radical (unpaired) electrons. The van der Waals surface area contributed by atoms with Crippen molar-refractivity contribution < 1.29 is 19.1 Å². The van der Waals surface area contributed by atoms with E-state index in [-0.39, 0.29) is 11.9 Å². The highest BCUT2D eigenvalue weighted by atomic mass is 16.5. The fourth-order valence-corrected chi connectivity index (χ4v) is 2.48. The number of esters is 2. The molecule has 4 nitrogen and oxygen atoms in total. The standard InChI is InChI=1S/C17H30O4/c1-14-8-4-3-5-9-15(2)13-21-17(19)11-7-6-10-16(18)20-12-14/h14-15H,3-13H2,1-2H3. The number of rotatable bonds is 0. The largest absolute Gasteiger partial charge is 0.465 e. The van der Waals surface area contributed by atoms with E-state index in [1.54, 1.807) is 0 Å². The highest BCUT2D eigenvalue weighted by molar-refractivity contribution is 5.70. The van der Waals surface area contributed by atoms with Gasteiger partial charge in [0.05, 0.1) is 13.2 Å². The van der Waals surface area contributed by atoms with Crippen molar-refractivity contribution in [2.24, 2.45) is 11.8 Å². The van der Waals surface area contributed by atoms with Crippen LogP contribution in [-0.2, 0) is 19.1 Å². The summed E-state index contributed by atoms with van der Waals surface area (Å²) >= 11 is 0. The van der Waals surface area contributed by atoms with Crippen LogP contribution in [0.25, 0.3) is 0 Å². The van der Waals surface area contributed by atoms with Crippen LogP contribution in [0.2, 0.25) is 0 Å². The summed E-state index contributed by atoms with van der Waals surface area (Å²) in [7, 11) is 0. The molecule has 21 heavy (non-hydrogen) atoms. The monoisotopic (exact) mass is 298 g/mol. The zero-order valence-electron chi connectivity index (χ0n) is 13.6. The van der Waals surface area contributed by atoms with E-state index in [1.807, 2.05) is 0 Å². The van der Waals surface area contributed by atoms with Crippen LogP contribution in [0.5, 0.6) is 0 Å². The first-order valence-electron chi connectivity index (χ1n) is 8.39. The highest BCUT2D eigenvalue weighted by Crippen LogP contribution is 2.15. The second-order valence-corrected chi connectivity index (χ2v) is 6.42. The molecule has 0 saturated carbocycles. The number of ether oxygens (including phenoxy) is 2. The van der Waals surface area contributed by atoms with Crippen LogP contribution in [0.1, 0.15) is 71.6 Å². The van der Waals surface area contributed by atoms with Crippen LogP contribution < -0.4 is 0 Å². The van der Waals surface area contributed by atoms with Crippen molar-refractivity contribution in [1.82, 2.24) is 0 Å². The summed E-state index contributed by atoms with van der Waals surface area (Å²) < 4.78 is 10.5. The number of carbonyl (C=O) groups excluding carboxylic acids is 2. The second-order valence-electron chi connectivity index (χ2n) is 6.42. The van der Waals surface area contributed by atoms with Gasteiger partial charge in [0.15, 0.2) is 0 Å². The van der Waals surface area contributed by atoms with Crippen molar-refractivity contribution in [3.05, 3.63) is 0 Å². The number of hydrogen-bond donors (Lipinski definition) is 0. The van der Waals surface area contributed by atoms with Crippen LogP contribution in [-0.4, -0.2) is 25.2 Å². The van der Waals surface area contributed by atoms with Crippen molar-refractivity contribution in [3.8, 4) is 0 Å². The molecular weight excluding hydrogens is 268 g/mol. The van der Waals surface area contributed by atoms with Crippen LogP contribution in [0, 0.1) is 11.8 Å². The smallest absolute Gasteiger partial charge is 0.305 e. The molecular formula is C17H30O4. The van der Waals surface area contributed by atoms with Gasteiger partial charge in [-0.15, -0.1) is 0 Å². The normalized spacial score (nSPS) is 28.3. The van der Waals surface area contributed by atoms with Gasteiger partial charge in [0.2, 0.25) is 0 Å². The fraction of sp³-hybridized carbons (Fsp3) is 0.882. The van der Waals surface area contributed by atoms with E-state index in [1.165, 1.54) is 19.3 Å². The number of cyclic esters (lactones) is 2. The van der Waals surface area contributed by atoms with Gasteiger partial charge in [-0.2, -0.15) is 0 Å². The summed E-state index contributed by atoms with van der Waals surface area (Å²) in [5.74, 6) is 0.584. The molecule has 4 heteroatoms. The maximum absolute atomic E-state index is 11.6. The van der Waals surface area contributed by atoms with Crippen molar-refractivity contribution >= 4 is 11.9 Å². The van der Waals surface area contributed by atoms with Crippen LogP contribution in [0.15, 0.2) is 0 Å². The SMILES string of the molecule is CC1CCCCCC(C)COC(=O)CCCCC(=O)OC1. The third kappa shape index (κ3) is 9.48. The molecule has 1 rings (SSSR count). The van der Waals surface area contributed by atoms with Gasteiger partial charge in [-0.3, -0.25) is 9.59 Å². The Morgan fingerprint density at radius 3 is 1.57 bits per heavy atom. The van der Waals surface area contributed by atoms with Gasteiger partial charge in [-0.25, -0.2) is 0 Å². The molecule has 0 amide bonds. The lowest BCUT2D eigenvalue weighted by atomic mass is 10.00. The average molecular weight is 298 g/mol. The Morgan fingerprint density at radius 2 is 1.14 bits per heavy atom. The molecule has 0 N–H and O–H groups in total. The molecule has 0 aromatic rings. The van der Waals surface area contributed by atoms with E-state index in [0.29, 0.717) is 50.7 Å². The fourth-order valence-electron chi connectivity index (χ4n) is 2.48. The van der Waals surface area contributed by atoms with E-state index in [2.05, 4.69) is 13.8 Å². The highest BCUT2D eigenvalue weighted by Gasteiger charge is 2.11. The second kappa shape index (κ2) is 10.6. The van der Waals surface area contributed by atoms with Crippen molar-refractivity contribution in [1.29, 1.82) is 0 Å². The van der Waals surface area contributed by atoms with Gasteiger partial charge in [0.1, 0.15) is 0 Å². The lowest BCUT2D eigenvalue weighted by molar-refractivity contribution is -0.147. The lowest BCUT2D eigenvalue weighted by Crippen LogP contribution is -2.12. The predicted octanol–water partition coefficient (Wildman–Crippen LogP) is 3.87. The third-order valence-corrected chi connectivity index (χ3v) is 3.96. The summed E-state index contributed by atoms with van der Waals surface area (Å²) in [6.45, 7) is 5.32. The molecule has 0 spiro atoms. The Morgan fingerprint density at radius 1 is 0.714 bits per heavy atom. The first-order valence-corrected chi connectivity index (χ1v) is 8.39. The van der Waals surface area contributed by atoms with Crippen LogP contribution in [0.4, 0.5) is 0 Å². The van der Waals surface area contributed by atoms with Gasteiger partial charge < -0.3 is 9.47 Å². The third-order valence-electron chi connectivity index (χ3n) is 3.96. The molecule has 1 saturated heterocycles. The maximum atomic E-state index is 11.6. The summed E-state index contributed by atoms with van der Waals surface area (Å²) in [5.41, 5.74) is 0. The van der Waals surface area contributed by atoms with E-state index in [0.717, 1.165) is 12.8 Å². The van der Waals surface area contributed by atoms with E-state index in [4.69, 9.17) is 9.47 Å². The van der Waals surface area contributed by atoms with Crippen LogP contribution in [0.3, 0.4) is 0 Å². The molecule has 1 heterocycles. The maximum Gasteiger partial charge on any atom is 0.305 e. The Balaban J connectivity index is 2.37. The number of carbonyl (C=O) groups is 2. The Bertz CT molecular complexity index is 284. The van der Waals surface area contributed by atoms with E-state index >= 15 is 0 Å². The van der Waals surface area contributed by atoms with Gasteiger partial charge in [0.25, 0.3) is 0 Å². The molecule has 2 unspecified atom stereocenters. The average Bonchev–Trinajstić information content (AvgIpc) is 2.46. The molecule has 0 aromatic carbocycles. The summed E-state index contributed by atoms with van der Waals surface area (Å²) in [5, 5.41) is 0. The molecule has 1 aliphatic rings. The first-order chi connectivity index (χ1) is 10.1. The van der Waals surface area contributed by atoms with Gasteiger partial charge >= 0.3 is 11.9 Å². The topological polar surface area (TPSA) is 52.6 Å². The molecule has 1 fully saturated rings. The van der Waals surface area contributed by atoms with Gasteiger partial charge in [0, 0.05) is 12.8 Å². The van der Waals surface area contributed by atoms with E-state index in [9.17, 15) is 9.59 Å². The zero-order valence-corrected chi connectivity index (χ0v) is 13.6. The zero-order chi connectivity index (χ0) is 15.5. The number of hydrogen-bond acceptors (Lipinski definition) is 4. The molecule has 0 aromatic heterocycles. The van der Waals surface area contributed by atoms with E-state index < -0.39 is 0 Å². The molecule has 2 atom stereocenters. The first kappa shape index (κ1) is 18.0. The van der Waals surface area contributed by atoms with Gasteiger partial charge in [-0.1, -0.05) is 33.1 Å². The molecule has 0 bridgehead atoms. The van der Waals surface area contributed by atoms with Crippen molar-refractivity contribution in [2.75, 3.05) is 13.2 Å². The minimum atomic E-state index is -0.145.